The van der Waals surface area contributed by atoms with Crippen LogP contribution in [0.3, 0.4) is 0 Å². The number of nitrogens with one attached hydrogen (secondary N) is 2. The molecule has 8 heteroatoms. The SMILES string of the molecule is CCCCOc1ccc(Br)cc1C(=O)NC(=S)Nc1cccc(C(=O)N2CCCC2)c1. The summed E-state index contributed by atoms with van der Waals surface area (Å²) in [5.41, 5.74) is 1.64. The second-order valence-electron chi connectivity index (χ2n) is 7.33. The average molecular weight is 504 g/mol. The fourth-order valence-electron chi connectivity index (χ4n) is 3.30. The number of likely N-dealkylation sites (tertiary alicyclic amines) is 1. The van der Waals surface area contributed by atoms with Crippen molar-refractivity contribution in [3.8, 4) is 5.75 Å². The molecule has 0 radical (unpaired) electrons. The number of carbonyl (C=O) groups excluding carboxylic acids is 2. The highest BCUT2D eigenvalue weighted by molar-refractivity contribution is 9.10. The summed E-state index contributed by atoms with van der Waals surface area (Å²) in [4.78, 5) is 27.3. The van der Waals surface area contributed by atoms with Gasteiger partial charge in [0, 0.05) is 28.8 Å². The van der Waals surface area contributed by atoms with Crippen LogP contribution in [0.2, 0.25) is 0 Å². The van der Waals surface area contributed by atoms with Gasteiger partial charge in [-0.25, -0.2) is 0 Å². The van der Waals surface area contributed by atoms with Crippen LogP contribution in [0.25, 0.3) is 0 Å². The molecule has 0 unspecified atom stereocenters. The third kappa shape index (κ3) is 6.51. The van der Waals surface area contributed by atoms with Crippen LogP contribution in [0.5, 0.6) is 5.75 Å². The zero-order valence-electron chi connectivity index (χ0n) is 17.4. The van der Waals surface area contributed by atoms with Gasteiger partial charge >= 0.3 is 0 Å². The largest absolute Gasteiger partial charge is 0.493 e. The lowest BCUT2D eigenvalue weighted by molar-refractivity contribution is 0.0792. The fraction of sp³-hybridized carbons (Fsp3) is 0.348. The Hall–Kier alpha value is -2.45. The first kappa shape index (κ1) is 23.2. The first-order valence-corrected chi connectivity index (χ1v) is 11.6. The maximum atomic E-state index is 12.8. The summed E-state index contributed by atoms with van der Waals surface area (Å²) in [6.07, 6.45) is 3.99. The number of thiocarbonyl (C=S) groups is 1. The van der Waals surface area contributed by atoms with Crippen molar-refractivity contribution in [3.63, 3.8) is 0 Å². The Bertz CT molecular complexity index is 961. The predicted octanol–water partition coefficient (Wildman–Crippen LogP) is 4.99. The first-order chi connectivity index (χ1) is 15.0. The summed E-state index contributed by atoms with van der Waals surface area (Å²) in [6.45, 7) is 4.20. The zero-order valence-corrected chi connectivity index (χ0v) is 19.9. The van der Waals surface area contributed by atoms with Crippen molar-refractivity contribution < 1.29 is 14.3 Å². The van der Waals surface area contributed by atoms with E-state index in [0.29, 0.717) is 29.2 Å². The van der Waals surface area contributed by atoms with Gasteiger partial charge in [0.15, 0.2) is 5.11 Å². The second kappa shape index (κ2) is 11.2. The topological polar surface area (TPSA) is 70.7 Å². The molecule has 1 fully saturated rings. The number of benzene rings is 2. The van der Waals surface area contributed by atoms with Crippen LogP contribution >= 0.6 is 28.1 Å². The molecule has 31 heavy (non-hydrogen) atoms. The van der Waals surface area contributed by atoms with Gasteiger partial charge < -0.3 is 15.0 Å². The summed E-state index contributed by atoms with van der Waals surface area (Å²) in [5.74, 6) is 0.156. The van der Waals surface area contributed by atoms with Crippen LogP contribution in [0.4, 0.5) is 5.69 Å². The molecule has 0 aliphatic carbocycles. The number of nitrogens with zero attached hydrogens (tertiary/aromatic N) is 1. The number of anilines is 1. The number of ether oxygens (including phenoxy) is 1. The number of hydrogen-bond donors (Lipinski definition) is 2. The fourth-order valence-corrected chi connectivity index (χ4v) is 3.87. The van der Waals surface area contributed by atoms with E-state index in [1.54, 1.807) is 36.4 Å². The van der Waals surface area contributed by atoms with Crippen LogP contribution in [0.1, 0.15) is 53.3 Å². The van der Waals surface area contributed by atoms with Crippen LogP contribution in [0, 0.1) is 0 Å². The Morgan fingerprint density at radius 1 is 1.16 bits per heavy atom. The number of hydrogen-bond acceptors (Lipinski definition) is 4. The maximum Gasteiger partial charge on any atom is 0.261 e. The number of rotatable bonds is 7. The van der Waals surface area contributed by atoms with E-state index in [9.17, 15) is 9.59 Å². The van der Waals surface area contributed by atoms with Crippen molar-refractivity contribution >= 4 is 50.8 Å². The Balaban J connectivity index is 1.64. The van der Waals surface area contributed by atoms with Crippen LogP contribution in [-0.4, -0.2) is 41.5 Å². The third-order valence-electron chi connectivity index (χ3n) is 4.93. The molecule has 0 atom stereocenters. The summed E-state index contributed by atoms with van der Waals surface area (Å²) >= 11 is 8.72. The van der Waals surface area contributed by atoms with Gasteiger partial charge in [-0.15, -0.1) is 0 Å². The summed E-state index contributed by atoms with van der Waals surface area (Å²) in [7, 11) is 0. The quantitative estimate of drug-likeness (QED) is 0.411. The normalized spacial score (nSPS) is 13.0. The molecule has 0 spiro atoms. The number of carbonyl (C=O) groups is 2. The number of halogens is 1. The highest BCUT2D eigenvalue weighted by atomic mass is 79.9. The molecule has 1 aliphatic heterocycles. The van der Waals surface area contributed by atoms with Crippen molar-refractivity contribution in [1.82, 2.24) is 10.2 Å². The van der Waals surface area contributed by atoms with Gasteiger partial charge in [-0.3, -0.25) is 14.9 Å². The van der Waals surface area contributed by atoms with Crippen molar-refractivity contribution in [2.24, 2.45) is 0 Å². The highest BCUT2D eigenvalue weighted by Gasteiger charge is 2.20. The molecular weight excluding hydrogens is 478 g/mol. The van der Waals surface area contributed by atoms with Crippen molar-refractivity contribution in [2.75, 3.05) is 25.0 Å². The molecule has 0 bridgehead atoms. The number of unbranched alkanes of at least 4 members (excludes halogenated alkanes) is 1. The smallest absolute Gasteiger partial charge is 0.261 e. The van der Waals surface area contributed by atoms with E-state index in [0.717, 1.165) is 43.2 Å². The summed E-state index contributed by atoms with van der Waals surface area (Å²) in [5, 5.41) is 5.83. The minimum Gasteiger partial charge on any atom is -0.493 e. The summed E-state index contributed by atoms with van der Waals surface area (Å²) in [6, 6.07) is 12.4. The van der Waals surface area contributed by atoms with E-state index < -0.39 is 0 Å². The van der Waals surface area contributed by atoms with Crippen LogP contribution < -0.4 is 15.4 Å². The Morgan fingerprint density at radius 2 is 1.94 bits per heavy atom. The molecule has 2 amide bonds. The minimum atomic E-state index is -0.366. The Kier molecular flexibility index (Phi) is 8.43. The molecule has 2 aromatic rings. The molecule has 1 aliphatic rings. The molecular formula is C23H26BrN3O3S. The van der Waals surface area contributed by atoms with Gasteiger partial charge in [0.25, 0.3) is 11.8 Å². The van der Waals surface area contributed by atoms with Gasteiger partial charge in [-0.2, -0.15) is 0 Å². The second-order valence-corrected chi connectivity index (χ2v) is 8.65. The maximum absolute atomic E-state index is 12.8. The first-order valence-electron chi connectivity index (χ1n) is 10.4. The lowest BCUT2D eigenvalue weighted by Crippen LogP contribution is -2.34. The van der Waals surface area contributed by atoms with Crippen molar-refractivity contribution in [1.29, 1.82) is 0 Å². The van der Waals surface area contributed by atoms with E-state index >= 15 is 0 Å². The monoisotopic (exact) mass is 503 g/mol. The lowest BCUT2D eigenvalue weighted by atomic mass is 10.1. The van der Waals surface area contributed by atoms with E-state index in [1.165, 1.54) is 0 Å². The molecule has 0 aromatic heterocycles. The molecule has 0 saturated carbocycles. The molecule has 2 N–H and O–H groups in total. The van der Waals surface area contributed by atoms with Crippen LogP contribution in [-0.2, 0) is 0 Å². The van der Waals surface area contributed by atoms with Gasteiger partial charge in [0.2, 0.25) is 0 Å². The standard InChI is InChI=1S/C23H26BrN3O3S/c1-2-3-13-30-20-10-9-17(24)15-19(20)21(28)26-23(31)25-18-8-6-7-16(14-18)22(29)27-11-4-5-12-27/h6-10,14-15H,2-5,11-13H2,1H3,(H2,25,26,28,31). The molecule has 1 heterocycles. The van der Waals surface area contributed by atoms with E-state index in [2.05, 4.69) is 33.5 Å². The molecule has 2 aromatic carbocycles. The minimum absolute atomic E-state index is 0.0131. The Morgan fingerprint density at radius 3 is 2.68 bits per heavy atom. The zero-order chi connectivity index (χ0) is 22.2. The van der Waals surface area contributed by atoms with Crippen molar-refractivity contribution in [2.45, 2.75) is 32.6 Å². The van der Waals surface area contributed by atoms with Gasteiger partial charge in [0.1, 0.15) is 5.75 Å². The van der Waals surface area contributed by atoms with Crippen LogP contribution in [0.15, 0.2) is 46.9 Å². The van der Waals surface area contributed by atoms with Gasteiger partial charge in [-0.1, -0.05) is 35.3 Å². The van der Waals surface area contributed by atoms with Crippen molar-refractivity contribution in [3.05, 3.63) is 58.1 Å². The van der Waals surface area contributed by atoms with E-state index in [-0.39, 0.29) is 16.9 Å². The number of amides is 2. The predicted molar refractivity (Wildman–Crippen MR) is 130 cm³/mol. The lowest BCUT2D eigenvalue weighted by Gasteiger charge is -2.16. The summed E-state index contributed by atoms with van der Waals surface area (Å²) < 4.78 is 6.53. The van der Waals surface area contributed by atoms with Gasteiger partial charge in [0.05, 0.1) is 12.2 Å². The molecule has 1 saturated heterocycles. The molecule has 164 valence electrons. The Labute approximate surface area is 196 Å². The molecule has 6 nitrogen and oxygen atoms in total. The highest BCUT2D eigenvalue weighted by Crippen LogP contribution is 2.24. The average Bonchev–Trinajstić information content (AvgIpc) is 3.29. The third-order valence-corrected chi connectivity index (χ3v) is 5.63. The molecule has 3 rings (SSSR count). The van der Waals surface area contributed by atoms with E-state index in [4.69, 9.17) is 17.0 Å². The van der Waals surface area contributed by atoms with Gasteiger partial charge in [-0.05, 0) is 67.9 Å². The van der Waals surface area contributed by atoms with E-state index in [1.807, 2.05) is 11.0 Å².